The molecule has 1 aromatic carbocycles. The summed E-state index contributed by atoms with van der Waals surface area (Å²) < 4.78 is 1.61. The number of nitrogens with zero attached hydrogens (tertiary/aromatic N) is 4. The van der Waals surface area contributed by atoms with Crippen LogP contribution in [-0.4, -0.2) is 49.6 Å². The maximum Gasteiger partial charge on any atom is 0.255 e. The zero-order chi connectivity index (χ0) is 22.6. The molecule has 10 heteroatoms. The summed E-state index contributed by atoms with van der Waals surface area (Å²) in [6, 6.07) is 4.71. The van der Waals surface area contributed by atoms with Crippen molar-refractivity contribution in [2.75, 3.05) is 0 Å². The summed E-state index contributed by atoms with van der Waals surface area (Å²) in [6.45, 7) is 4.07. The monoisotopic (exact) mass is 436 g/mol. The summed E-state index contributed by atoms with van der Waals surface area (Å²) in [5.41, 5.74) is 2.03. The topological polar surface area (TPSA) is 126 Å². The lowest BCUT2D eigenvalue weighted by atomic mass is 10.0. The molecule has 5 rings (SSSR count). The predicted octanol–water partition coefficient (Wildman–Crippen LogP) is 0.790. The molecule has 2 N–H and O–H groups in total. The van der Waals surface area contributed by atoms with Crippen molar-refractivity contribution in [3.63, 3.8) is 0 Å². The number of benzene rings is 1. The average molecular weight is 436 g/mol. The number of carbonyl (C=O) groups excluding carboxylic acids is 4. The first kappa shape index (κ1) is 20.3. The van der Waals surface area contributed by atoms with Crippen LogP contribution in [0.15, 0.2) is 24.4 Å². The van der Waals surface area contributed by atoms with Gasteiger partial charge in [0.25, 0.3) is 5.91 Å². The molecule has 2 fully saturated rings. The quantitative estimate of drug-likeness (QED) is 0.668. The van der Waals surface area contributed by atoms with Gasteiger partial charge in [-0.05, 0) is 56.9 Å². The first-order valence-electron chi connectivity index (χ1n) is 10.8. The van der Waals surface area contributed by atoms with Crippen molar-refractivity contribution in [1.29, 1.82) is 0 Å². The highest BCUT2D eigenvalue weighted by molar-refractivity contribution is 6.05. The van der Waals surface area contributed by atoms with E-state index in [-0.39, 0.29) is 30.1 Å². The number of imide groups is 1. The number of rotatable bonds is 5. The highest BCUT2D eigenvalue weighted by Gasteiger charge is 2.39. The fourth-order valence-electron chi connectivity index (χ4n) is 4.20. The third-order valence-electron chi connectivity index (χ3n) is 6.29. The smallest absolute Gasteiger partial charge is 0.255 e. The van der Waals surface area contributed by atoms with Crippen molar-refractivity contribution < 1.29 is 19.2 Å². The molecule has 2 aliphatic heterocycles. The first-order chi connectivity index (χ1) is 15.2. The molecule has 1 unspecified atom stereocenters. The number of carbonyl (C=O) groups is 4. The molecular weight excluding hydrogens is 412 g/mol. The van der Waals surface area contributed by atoms with Crippen LogP contribution in [0.25, 0.3) is 5.69 Å². The summed E-state index contributed by atoms with van der Waals surface area (Å²) in [5, 5.41) is 13.8. The maximum absolute atomic E-state index is 12.9. The van der Waals surface area contributed by atoms with Gasteiger partial charge in [-0.2, -0.15) is 0 Å². The highest BCUT2D eigenvalue weighted by Crippen LogP contribution is 2.31. The molecule has 1 aliphatic carbocycles. The normalized spacial score (nSPS) is 20.9. The van der Waals surface area contributed by atoms with Gasteiger partial charge in [-0.15, -0.1) is 5.10 Å². The Morgan fingerprint density at radius 3 is 2.69 bits per heavy atom. The molecule has 0 radical (unpaired) electrons. The molecule has 166 valence electrons. The molecule has 0 spiro atoms. The summed E-state index contributed by atoms with van der Waals surface area (Å²) in [4.78, 5) is 50.2. The van der Waals surface area contributed by atoms with Gasteiger partial charge >= 0.3 is 0 Å². The summed E-state index contributed by atoms with van der Waals surface area (Å²) >= 11 is 0. The van der Waals surface area contributed by atoms with Crippen LogP contribution in [0.3, 0.4) is 0 Å². The molecule has 10 nitrogen and oxygen atoms in total. The number of piperidine rings is 1. The van der Waals surface area contributed by atoms with E-state index < -0.39 is 17.5 Å². The van der Waals surface area contributed by atoms with E-state index in [1.54, 1.807) is 23.0 Å². The van der Waals surface area contributed by atoms with Crippen LogP contribution in [0.4, 0.5) is 0 Å². The molecular formula is C22H24N6O4. The predicted molar refractivity (Wildman–Crippen MR) is 111 cm³/mol. The summed E-state index contributed by atoms with van der Waals surface area (Å²) in [5.74, 6) is -0.820. The second-order valence-electron chi connectivity index (χ2n) is 9.18. The Morgan fingerprint density at radius 1 is 1.19 bits per heavy atom. The Hall–Kier alpha value is -3.56. The van der Waals surface area contributed by atoms with E-state index in [1.807, 2.05) is 19.9 Å². The third kappa shape index (κ3) is 3.55. The largest absolute Gasteiger partial charge is 0.345 e. The third-order valence-corrected chi connectivity index (χ3v) is 6.29. The van der Waals surface area contributed by atoms with Gasteiger partial charge in [-0.1, -0.05) is 5.21 Å². The van der Waals surface area contributed by atoms with E-state index in [4.69, 9.17) is 0 Å². The number of nitrogens with one attached hydrogen (secondary N) is 2. The van der Waals surface area contributed by atoms with Gasteiger partial charge in [0.05, 0.1) is 17.4 Å². The van der Waals surface area contributed by atoms with Crippen LogP contribution in [0.2, 0.25) is 0 Å². The summed E-state index contributed by atoms with van der Waals surface area (Å²) in [7, 11) is 0. The molecule has 1 saturated heterocycles. The van der Waals surface area contributed by atoms with Crippen molar-refractivity contribution >= 4 is 23.6 Å². The minimum atomic E-state index is -0.660. The first-order valence-corrected chi connectivity index (χ1v) is 10.8. The van der Waals surface area contributed by atoms with E-state index >= 15 is 0 Å². The van der Waals surface area contributed by atoms with Crippen LogP contribution >= 0.6 is 0 Å². The maximum atomic E-state index is 12.9. The Labute approximate surface area is 184 Å². The average Bonchev–Trinajstić information content (AvgIpc) is 3.38. The molecule has 2 aromatic rings. The van der Waals surface area contributed by atoms with Gasteiger partial charge in [0.2, 0.25) is 17.7 Å². The van der Waals surface area contributed by atoms with Gasteiger partial charge in [-0.3, -0.25) is 24.5 Å². The van der Waals surface area contributed by atoms with Crippen molar-refractivity contribution in [3.05, 3.63) is 41.2 Å². The SMILES string of the molecule is CC(C)(NC(=O)C1CC1)c1cn(-c2ccc3c(c2)CN(C2CCC(=O)NC2=O)C3=O)nn1. The highest BCUT2D eigenvalue weighted by atomic mass is 16.2. The van der Waals surface area contributed by atoms with Crippen molar-refractivity contribution in [1.82, 2.24) is 30.5 Å². The van der Waals surface area contributed by atoms with E-state index in [0.717, 1.165) is 24.1 Å². The van der Waals surface area contributed by atoms with Crippen LogP contribution in [0.1, 0.15) is 61.1 Å². The Morgan fingerprint density at radius 2 is 1.97 bits per heavy atom. The van der Waals surface area contributed by atoms with Gasteiger partial charge in [0.1, 0.15) is 11.7 Å². The molecule has 32 heavy (non-hydrogen) atoms. The minimum Gasteiger partial charge on any atom is -0.345 e. The van der Waals surface area contributed by atoms with Gasteiger partial charge < -0.3 is 10.2 Å². The van der Waals surface area contributed by atoms with Crippen molar-refractivity contribution in [2.45, 2.75) is 57.7 Å². The standard InChI is InChI=1S/C22H24N6O4/c1-22(2,24-19(30)12-3-4-12)17-11-28(26-25-17)14-5-6-15-13(9-14)10-27(21(15)32)16-7-8-18(29)23-20(16)31/h5-6,9,11-12,16H,3-4,7-8,10H2,1-2H3,(H,24,30)(H,23,29,31). The lowest BCUT2D eigenvalue weighted by Crippen LogP contribution is -2.52. The molecule has 1 atom stereocenters. The number of hydrogen-bond acceptors (Lipinski definition) is 6. The fourth-order valence-corrected chi connectivity index (χ4v) is 4.20. The Kier molecular flexibility index (Phi) is 4.61. The van der Waals surface area contributed by atoms with E-state index in [9.17, 15) is 19.2 Å². The molecule has 0 bridgehead atoms. The van der Waals surface area contributed by atoms with Gasteiger partial charge in [0, 0.05) is 24.4 Å². The zero-order valence-electron chi connectivity index (χ0n) is 17.9. The molecule has 3 aliphatic rings. The number of amides is 4. The van der Waals surface area contributed by atoms with Crippen LogP contribution in [0, 0.1) is 5.92 Å². The molecule has 3 heterocycles. The second-order valence-corrected chi connectivity index (χ2v) is 9.18. The lowest BCUT2D eigenvalue weighted by molar-refractivity contribution is -0.137. The van der Waals surface area contributed by atoms with Crippen LogP contribution < -0.4 is 10.6 Å². The zero-order valence-corrected chi connectivity index (χ0v) is 17.9. The summed E-state index contributed by atoms with van der Waals surface area (Å²) in [6.07, 6.45) is 4.17. The number of hydrogen-bond donors (Lipinski definition) is 2. The van der Waals surface area contributed by atoms with Crippen LogP contribution in [-0.2, 0) is 26.5 Å². The van der Waals surface area contributed by atoms with Crippen LogP contribution in [0.5, 0.6) is 0 Å². The minimum absolute atomic E-state index is 0.0362. The second kappa shape index (κ2) is 7.25. The number of fused-ring (bicyclic) bond motifs is 1. The fraction of sp³-hybridized carbons (Fsp3) is 0.455. The Bertz CT molecular complexity index is 1150. The molecule has 1 saturated carbocycles. The van der Waals surface area contributed by atoms with E-state index in [1.165, 1.54) is 4.90 Å². The van der Waals surface area contributed by atoms with Crippen molar-refractivity contribution in [3.8, 4) is 5.69 Å². The van der Waals surface area contributed by atoms with Gasteiger partial charge in [0.15, 0.2) is 0 Å². The Balaban J connectivity index is 1.35. The van der Waals surface area contributed by atoms with Gasteiger partial charge in [-0.25, -0.2) is 4.68 Å². The van der Waals surface area contributed by atoms with Crippen molar-refractivity contribution in [2.24, 2.45) is 5.92 Å². The van der Waals surface area contributed by atoms with E-state index in [2.05, 4.69) is 20.9 Å². The molecule has 1 aromatic heterocycles. The number of aromatic nitrogens is 3. The molecule has 4 amide bonds. The van der Waals surface area contributed by atoms with E-state index in [0.29, 0.717) is 24.2 Å². The lowest BCUT2D eigenvalue weighted by Gasteiger charge is -2.29.